The summed E-state index contributed by atoms with van der Waals surface area (Å²) in [5, 5.41) is 9.40. The Morgan fingerprint density at radius 1 is 1.00 bits per heavy atom. The van der Waals surface area contributed by atoms with Crippen LogP contribution >= 0.6 is 0 Å². The van der Waals surface area contributed by atoms with Gasteiger partial charge in [-0.15, -0.1) is 0 Å². The number of aliphatic carboxylic acids is 1. The van der Waals surface area contributed by atoms with Gasteiger partial charge in [0, 0.05) is 6.08 Å². The molecule has 0 aliphatic carbocycles. The molecule has 0 saturated carbocycles. The van der Waals surface area contributed by atoms with Gasteiger partial charge in [0.2, 0.25) is 0 Å². The number of nitrogens with zero attached hydrogens (tertiary/aromatic N) is 1. The summed E-state index contributed by atoms with van der Waals surface area (Å²) in [5.41, 5.74) is 2.31. The van der Waals surface area contributed by atoms with E-state index >= 15 is 0 Å². The van der Waals surface area contributed by atoms with E-state index in [1.807, 2.05) is 42.5 Å². The highest BCUT2D eigenvalue weighted by molar-refractivity contribution is 6.10. The lowest BCUT2D eigenvalue weighted by molar-refractivity contribution is -0.138. The summed E-state index contributed by atoms with van der Waals surface area (Å²) in [6, 6.07) is 15.7. The standard InChI is InChI=1S/C19H15NO3/c21-18(13-10-14-6-2-1-3-7-14)20-16-9-5-4-8-15(16)11-12-17(20)19(22)23/h1-13,17H,(H,22,23). The molecule has 4 heteroatoms. The number of carboxylic acid groups (broad SMARTS) is 1. The summed E-state index contributed by atoms with van der Waals surface area (Å²) < 4.78 is 0. The van der Waals surface area contributed by atoms with E-state index in [9.17, 15) is 14.7 Å². The topological polar surface area (TPSA) is 57.6 Å². The molecule has 1 amide bonds. The van der Waals surface area contributed by atoms with Crippen molar-refractivity contribution in [3.05, 3.63) is 77.9 Å². The number of carbonyl (C=O) groups excluding carboxylic acids is 1. The molecule has 114 valence electrons. The normalized spacial score (nSPS) is 16.3. The second kappa shape index (κ2) is 6.32. The maximum absolute atomic E-state index is 12.6. The number of hydrogen-bond donors (Lipinski definition) is 1. The first-order valence-electron chi connectivity index (χ1n) is 7.23. The molecule has 0 spiro atoms. The first kappa shape index (κ1) is 14.8. The van der Waals surface area contributed by atoms with Crippen molar-refractivity contribution in [2.45, 2.75) is 6.04 Å². The predicted molar refractivity (Wildman–Crippen MR) is 89.9 cm³/mol. The molecule has 2 aromatic rings. The van der Waals surface area contributed by atoms with Crippen molar-refractivity contribution >= 4 is 29.7 Å². The zero-order valence-electron chi connectivity index (χ0n) is 12.3. The van der Waals surface area contributed by atoms with E-state index in [1.165, 1.54) is 17.1 Å². The smallest absolute Gasteiger partial charge is 0.330 e. The molecule has 0 aromatic heterocycles. The van der Waals surface area contributed by atoms with Crippen LogP contribution in [0.2, 0.25) is 0 Å². The molecule has 1 aliphatic rings. The van der Waals surface area contributed by atoms with E-state index in [0.29, 0.717) is 5.69 Å². The number of para-hydroxylation sites is 1. The van der Waals surface area contributed by atoms with E-state index in [0.717, 1.165) is 11.1 Å². The van der Waals surface area contributed by atoms with Crippen molar-refractivity contribution < 1.29 is 14.7 Å². The van der Waals surface area contributed by atoms with Crippen LogP contribution in [0.5, 0.6) is 0 Å². The quantitative estimate of drug-likeness (QED) is 0.886. The first-order chi connectivity index (χ1) is 11.2. The largest absolute Gasteiger partial charge is 0.479 e. The zero-order valence-corrected chi connectivity index (χ0v) is 12.3. The van der Waals surface area contributed by atoms with Gasteiger partial charge in [0.1, 0.15) is 0 Å². The molecule has 0 bridgehead atoms. The summed E-state index contributed by atoms with van der Waals surface area (Å²) in [5.74, 6) is -1.42. The maximum atomic E-state index is 12.6. The lowest BCUT2D eigenvalue weighted by Crippen LogP contribution is -2.45. The van der Waals surface area contributed by atoms with Gasteiger partial charge in [0.25, 0.3) is 5.91 Å². The molecule has 1 heterocycles. The van der Waals surface area contributed by atoms with E-state index < -0.39 is 12.0 Å². The Labute approximate surface area is 134 Å². The van der Waals surface area contributed by atoms with Crippen LogP contribution in [-0.2, 0) is 9.59 Å². The highest BCUT2D eigenvalue weighted by atomic mass is 16.4. The monoisotopic (exact) mass is 305 g/mol. The Hall–Kier alpha value is -3.14. The second-order valence-corrected chi connectivity index (χ2v) is 5.15. The van der Waals surface area contributed by atoms with E-state index in [1.54, 1.807) is 24.3 Å². The summed E-state index contributed by atoms with van der Waals surface area (Å²) in [6.07, 6.45) is 6.35. The van der Waals surface area contributed by atoms with Gasteiger partial charge < -0.3 is 5.11 Å². The number of amides is 1. The Morgan fingerprint density at radius 3 is 2.43 bits per heavy atom. The molecule has 2 aromatic carbocycles. The Balaban J connectivity index is 1.94. The molecule has 1 N–H and O–H groups in total. The minimum Gasteiger partial charge on any atom is -0.479 e. The number of rotatable bonds is 3. The molecule has 1 atom stereocenters. The van der Waals surface area contributed by atoms with Crippen LogP contribution in [0.15, 0.2) is 66.7 Å². The van der Waals surface area contributed by atoms with Gasteiger partial charge in [-0.05, 0) is 29.3 Å². The van der Waals surface area contributed by atoms with Crippen molar-refractivity contribution in [2.24, 2.45) is 0 Å². The number of fused-ring (bicyclic) bond motifs is 1. The molecule has 0 saturated heterocycles. The van der Waals surface area contributed by atoms with Gasteiger partial charge in [0.05, 0.1) is 5.69 Å². The van der Waals surface area contributed by atoms with E-state index in [2.05, 4.69) is 0 Å². The third-order valence-corrected chi connectivity index (χ3v) is 3.64. The molecular formula is C19H15NO3. The van der Waals surface area contributed by atoms with Gasteiger partial charge in [-0.2, -0.15) is 0 Å². The highest BCUT2D eigenvalue weighted by Crippen LogP contribution is 2.29. The minimum absolute atomic E-state index is 0.363. The summed E-state index contributed by atoms with van der Waals surface area (Å²) in [6.45, 7) is 0. The van der Waals surface area contributed by atoms with Gasteiger partial charge in [-0.3, -0.25) is 9.69 Å². The van der Waals surface area contributed by atoms with Gasteiger partial charge in [0.15, 0.2) is 6.04 Å². The fourth-order valence-corrected chi connectivity index (χ4v) is 2.54. The number of anilines is 1. The molecule has 1 aliphatic heterocycles. The minimum atomic E-state index is -1.06. The highest BCUT2D eigenvalue weighted by Gasteiger charge is 2.31. The second-order valence-electron chi connectivity index (χ2n) is 5.15. The van der Waals surface area contributed by atoms with Crippen molar-refractivity contribution in [3.8, 4) is 0 Å². The van der Waals surface area contributed by atoms with Crippen LogP contribution < -0.4 is 4.90 Å². The van der Waals surface area contributed by atoms with Crippen molar-refractivity contribution in [1.82, 2.24) is 0 Å². The maximum Gasteiger partial charge on any atom is 0.330 e. The van der Waals surface area contributed by atoms with Crippen LogP contribution in [0.25, 0.3) is 12.2 Å². The van der Waals surface area contributed by atoms with E-state index in [-0.39, 0.29) is 5.91 Å². The molecule has 0 radical (unpaired) electrons. The number of carbonyl (C=O) groups is 2. The predicted octanol–water partition coefficient (Wildman–Crippen LogP) is 3.21. The van der Waals surface area contributed by atoms with Gasteiger partial charge >= 0.3 is 5.97 Å². The first-order valence-corrected chi connectivity index (χ1v) is 7.23. The third-order valence-electron chi connectivity index (χ3n) is 3.64. The van der Waals surface area contributed by atoms with Crippen molar-refractivity contribution in [3.63, 3.8) is 0 Å². The van der Waals surface area contributed by atoms with Crippen LogP contribution in [0.4, 0.5) is 5.69 Å². The Bertz CT molecular complexity index is 793. The average Bonchev–Trinajstić information content (AvgIpc) is 2.59. The SMILES string of the molecule is O=C(O)C1C=Cc2ccccc2N1C(=O)C=Cc1ccccc1. The molecule has 23 heavy (non-hydrogen) atoms. The summed E-state index contributed by atoms with van der Waals surface area (Å²) >= 11 is 0. The fourth-order valence-electron chi connectivity index (χ4n) is 2.54. The molecule has 3 rings (SSSR count). The number of benzene rings is 2. The van der Waals surface area contributed by atoms with Crippen molar-refractivity contribution in [2.75, 3.05) is 4.90 Å². The van der Waals surface area contributed by atoms with Crippen LogP contribution in [0, 0.1) is 0 Å². The lowest BCUT2D eigenvalue weighted by atomic mass is 10.0. The summed E-state index contributed by atoms with van der Waals surface area (Å²) in [4.78, 5) is 25.4. The Morgan fingerprint density at radius 2 is 1.70 bits per heavy atom. The zero-order chi connectivity index (χ0) is 16.2. The lowest BCUT2D eigenvalue weighted by Gasteiger charge is -2.30. The summed E-state index contributed by atoms with van der Waals surface area (Å²) in [7, 11) is 0. The number of carboxylic acids is 1. The molecule has 1 unspecified atom stereocenters. The average molecular weight is 305 g/mol. The van der Waals surface area contributed by atoms with Crippen LogP contribution in [0.3, 0.4) is 0 Å². The fraction of sp³-hybridized carbons (Fsp3) is 0.0526. The number of hydrogen-bond acceptors (Lipinski definition) is 2. The third kappa shape index (κ3) is 3.06. The van der Waals surface area contributed by atoms with Gasteiger partial charge in [-0.1, -0.05) is 54.6 Å². The molecular weight excluding hydrogens is 290 g/mol. The van der Waals surface area contributed by atoms with Crippen LogP contribution in [-0.4, -0.2) is 23.0 Å². The Kier molecular flexibility index (Phi) is 4.06. The van der Waals surface area contributed by atoms with Crippen LogP contribution in [0.1, 0.15) is 11.1 Å². The van der Waals surface area contributed by atoms with E-state index in [4.69, 9.17) is 0 Å². The molecule has 0 fully saturated rings. The van der Waals surface area contributed by atoms with Gasteiger partial charge in [-0.25, -0.2) is 4.79 Å². The molecule has 4 nitrogen and oxygen atoms in total. The van der Waals surface area contributed by atoms with Crippen molar-refractivity contribution in [1.29, 1.82) is 0 Å².